The molecule has 0 rings (SSSR count). The van der Waals surface area contributed by atoms with Gasteiger partial charge in [-0.05, 0) is 19.6 Å². The molecule has 0 aromatic heterocycles. The third-order valence-electron chi connectivity index (χ3n) is 2.21. The number of carbonyl (C=O) groups excluding carboxylic acids is 1. The Labute approximate surface area is 91.4 Å². The van der Waals surface area contributed by atoms with E-state index in [1.165, 1.54) is 0 Å². The lowest BCUT2D eigenvalue weighted by molar-refractivity contribution is -0.120. The van der Waals surface area contributed by atoms with Crippen LogP contribution in [0.15, 0.2) is 0 Å². The van der Waals surface area contributed by atoms with E-state index in [9.17, 15) is 4.79 Å². The van der Waals surface area contributed by atoms with E-state index in [0.717, 1.165) is 13.0 Å². The van der Waals surface area contributed by atoms with Crippen LogP contribution in [-0.4, -0.2) is 36.5 Å². The number of rotatable bonds is 7. The quantitative estimate of drug-likeness (QED) is 0.675. The summed E-state index contributed by atoms with van der Waals surface area (Å²) in [5.41, 5.74) is 0. The molecule has 14 heavy (non-hydrogen) atoms. The van der Waals surface area contributed by atoms with Gasteiger partial charge in [0.1, 0.15) is 0 Å². The van der Waals surface area contributed by atoms with E-state index < -0.39 is 0 Å². The Kier molecular flexibility index (Phi) is 7.99. The molecule has 0 aliphatic rings. The van der Waals surface area contributed by atoms with Crippen molar-refractivity contribution in [3.05, 3.63) is 0 Å². The number of nitrogens with one attached hydrogen (secondary N) is 2. The molecule has 1 amide bonds. The highest BCUT2D eigenvalue weighted by Crippen LogP contribution is 2.01. The molecule has 4 heteroatoms. The van der Waals surface area contributed by atoms with Gasteiger partial charge in [-0.1, -0.05) is 13.8 Å². The average molecular weight is 218 g/mol. The molecule has 0 spiro atoms. The van der Waals surface area contributed by atoms with Crippen molar-refractivity contribution < 1.29 is 4.79 Å². The van der Waals surface area contributed by atoms with E-state index in [1.807, 2.05) is 6.26 Å². The van der Waals surface area contributed by atoms with Gasteiger partial charge in [0.25, 0.3) is 0 Å². The molecular formula is C10H22N2OS. The van der Waals surface area contributed by atoms with Crippen LogP contribution in [0.25, 0.3) is 0 Å². The van der Waals surface area contributed by atoms with Crippen LogP contribution in [0, 0.1) is 0 Å². The molecule has 3 nitrogen and oxygen atoms in total. The Balaban J connectivity index is 3.46. The fourth-order valence-electron chi connectivity index (χ4n) is 0.815. The largest absolute Gasteiger partial charge is 0.354 e. The number of hydrogen-bond donors (Lipinski definition) is 2. The summed E-state index contributed by atoms with van der Waals surface area (Å²) < 4.78 is 0. The molecule has 0 radical (unpaired) electrons. The van der Waals surface area contributed by atoms with Gasteiger partial charge in [0.2, 0.25) is 5.91 Å². The monoisotopic (exact) mass is 218 g/mol. The van der Waals surface area contributed by atoms with Gasteiger partial charge in [0.15, 0.2) is 0 Å². The van der Waals surface area contributed by atoms with Gasteiger partial charge in [0.05, 0.1) is 6.54 Å². The molecule has 84 valence electrons. The van der Waals surface area contributed by atoms with Crippen LogP contribution in [-0.2, 0) is 4.79 Å². The summed E-state index contributed by atoms with van der Waals surface area (Å²) in [5, 5.41) is 6.53. The first-order valence-corrected chi connectivity index (χ1v) is 6.41. The number of amides is 1. The summed E-state index contributed by atoms with van der Waals surface area (Å²) in [4.78, 5) is 11.3. The maximum Gasteiger partial charge on any atom is 0.234 e. The minimum Gasteiger partial charge on any atom is -0.354 e. The molecular weight excluding hydrogens is 196 g/mol. The number of hydrogen-bond acceptors (Lipinski definition) is 3. The Morgan fingerprint density at radius 1 is 1.43 bits per heavy atom. The van der Waals surface area contributed by atoms with Crippen molar-refractivity contribution in [2.24, 2.45) is 0 Å². The van der Waals surface area contributed by atoms with Gasteiger partial charge < -0.3 is 10.6 Å². The Morgan fingerprint density at radius 3 is 2.57 bits per heavy atom. The van der Waals surface area contributed by atoms with E-state index in [4.69, 9.17) is 0 Å². The van der Waals surface area contributed by atoms with E-state index in [1.54, 1.807) is 11.8 Å². The summed E-state index contributed by atoms with van der Waals surface area (Å²) in [6.45, 7) is 7.47. The lowest BCUT2D eigenvalue weighted by atomic mass is 10.2. The zero-order valence-electron chi connectivity index (χ0n) is 9.59. The predicted octanol–water partition coefficient (Wildman–Crippen LogP) is 1.24. The first-order chi connectivity index (χ1) is 6.60. The molecule has 0 bridgehead atoms. The molecule has 2 atom stereocenters. The highest BCUT2D eigenvalue weighted by atomic mass is 32.2. The molecule has 0 aromatic rings. The van der Waals surface area contributed by atoms with Crippen LogP contribution in [0.2, 0.25) is 0 Å². The maximum absolute atomic E-state index is 11.3. The average Bonchev–Trinajstić information content (AvgIpc) is 2.22. The summed E-state index contributed by atoms with van der Waals surface area (Å²) in [6, 6.07) is 0.415. The lowest BCUT2D eigenvalue weighted by Crippen LogP contribution is -2.39. The molecule has 2 N–H and O–H groups in total. The van der Waals surface area contributed by atoms with Gasteiger partial charge >= 0.3 is 0 Å². The molecule has 0 aliphatic carbocycles. The minimum absolute atomic E-state index is 0.0891. The fraction of sp³-hybridized carbons (Fsp3) is 0.900. The summed E-state index contributed by atoms with van der Waals surface area (Å²) in [5.74, 6) is 0.0891. The predicted molar refractivity (Wildman–Crippen MR) is 63.7 cm³/mol. The van der Waals surface area contributed by atoms with Gasteiger partial charge in [-0.25, -0.2) is 0 Å². The Morgan fingerprint density at radius 2 is 2.07 bits per heavy atom. The SMILES string of the molecule is CCC(C)NCC(=O)NCC(C)SC. The van der Waals surface area contributed by atoms with Crippen molar-refractivity contribution in [1.29, 1.82) is 0 Å². The van der Waals surface area contributed by atoms with Crippen LogP contribution in [0.1, 0.15) is 27.2 Å². The van der Waals surface area contributed by atoms with Crippen LogP contribution in [0.5, 0.6) is 0 Å². The second-order valence-corrected chi connectivity index (χ2v) is 4.82. The van der Waals surface area contributed by atoms with Crippen molar-refractivity contribution in [1.82, 2.24) is 10.6 Å². The maximum atomic E-state index is 11.3. The van der Waals surface area contributed by atoms with E-state index in [0.29, 0.717) is 17.8 Å². The summed E-state index contributed by atoms with van der Waals surface area (Å²) in [7, 11) is 0. The third-order valence-corrected chi connectivity index (χ3v) is 3.18. The first kappa shape index (κ1) is 13.8. The van der Waals surface area contributed by atoms with E-state index in [-0.39, 0.29) is 5.91 Å². The van der Waals surface area contributed by atoms with Gasteiger partial charge in [0, 0.05) is 17.8 Å². The Bertz CT molecular complexity index is 148. The zero-order valence-corrected chi connectivity index (χ0v) is 10.4. The second kappa shape index (κ2) is 8.12. The second-order valence-electron chi connectivity index (χ2n) is 3.54. The first-order valence-electron chi connectivity index (χ1n) is 5.13. The zero-order chi connectivity index (χ0) is 11.0. The van der Waals surface area contributed by atoms with Crippen molar-refractivity contribution in [3.8, 4) is 0 Å². The molecule has 0 aliphatic heterocycles. The third kappa shape index (κ3) is 7.21. The summed E-state index contributed by atoms with van der Waals surface area (Å²) in [6.07, 6.45) is 3.10. The van der Waals surface area contributed by atoms with Crippen molar-refractivity contribution in [3.63, 3.8) is 0 Å². The number of carbonyl (C=O) groups is 1. The van der Waals surface area contributed by atoms with Gasteiger partial charge in [-0.15, -0.1) is 0 Å². The molecule has 2 unspecified atom stereocenters. The van der Waals surface area contributed by atoms with E-state index in [2.05, 4.69) is 31.4 Å². The smallest absolute Gasteiger partial charge is 0.234 e. The van der Waals surface area contributed by atoms with Gasteiger partial charge in [-0.3, -0.25) is 4.79 Å². The van der Waals surface area contributed by atoms with Crippen molar-refractivity contribution in [2.45, 2.75) is 38.5 Å². The molecule has 0 saturated carbocycles. The Hall–Kier alpha value is -0.220. The van der Waals surface area contributed by atoms with Crippen molar-refractivity contribution >= 4 is 17.7 Å². The van der Waals surface area contributed by atoms with Crippen molar-refractivity contribution in [2.75, 3.05) is 19.3 Å². The standard InChI is InChI=1S/C10H22N2OS/c1-5-8(2)11-7-10(13)12-6-9(3)14-4/h8-9,11H,5-7H2,1-4H3,(H,12,13). The van der Waals surface area contributed by atoms with E-state index >= 15 is 0 Å². The molecule has 0 saturated heterocycles. The fourth-order valence-corrected chi connectivity index (χ4v) is 1.06. The van der Waals surface area contributed by atoms with Gasteiger partial charge in [-0.2, -0.15) is 11.8 Å². The molecule has 0 heterocycles. The van der Waals surface area contributed by atoms with Crippen LogP contribution in [0.3, 0.4) is 0 Å². The highest BCUT2D eigenvalue weighted by Gasteiger charge is 2.05. The topological polar surface area (TPSA) is 41.1 Å². The minimum atomic E-state index is 0.0891. The normalized spacial score (nSPS) is 14.9. The number of thioether (sulfide) groups is 1. The summed E-state index contributed by atoms with van der Waals surface area (Å²) >= 11 is 1.76. The lowest BCUT2D eigenvalue weighted by Gasteiger charge is -2.13. The molecule has 0 aromatic carbocycles. The molecule has 0 fully saturated rings. The highest BCUT2D eigenvalue weighted by molar-refractivity contribution is 7.99. The van der Waals surface area contributed by atoms with Crippen LogP contribution >= 0.6 is 11.8 Å². The van der Waals surface area contributed by atoms with Crippen LogP contribution in [0.4, 0.5) is 0 Å². The van der Waals surface area contributed by atoms with Crippen LogP contribution < -0.4 is 10.6 Å².